The summed E-state index contributed by atoms with van der Waals surface area (Å²) in [6, 6.07) is 12.8. The van der Waals surface area contributed by atoms with Gasteiger partial charge in [-0.2, -0.15) is 5.10 Å². The number of carbonyl (C=O) groups is 1. The van der Waals surface area contributed by atoms with Gasteiger partial charge in [-0.1, -0.05) is 19.1 Å². The first-order valence-electron chi connectivity index (χ1n) is 12.0. The minimum absolute atomic E-state index is 0.129. The molecule has 0 aliphatic heterocycles. The van der Waals surface area contributed by atoms with Gasteiger partial charge in [-0.05, 0) is 42.3 Å². The molecule has 0 fully saturated rings. The number of imidazole rings is 1. The van der Waals surface area contributed by atoms with Crippen LogP contribution in [0.25, 0.3) is 55.8 Å². The number of hydrogen-bond acceptors (Lipinski definition) is 5. The molecule has 6 rings (SSSR count). The van der Waals surface area contributed by atoms with E-state index >= 15 is 4.39 Å². The van der Waals surface area contributed by atoms with E-state index in [1.165, 1.54) is 30.6 Å². The minimum atomic E-state index is -0.466. The molecule has 1 amide bonds. The largest absolute Gasteiger partial charge is 0.335 e. The SMILES string of the molecule is CCCC(=O)Nc1cncc(-c2cc3c(-c4nc5nccc(-c6cccc(F)c6)c5[nH]4)n[nH]c3cc2F)c1. The van der Waals surface area contributed by atoms with Crippen molar-refractivity contribution in [2.24, 2.45) is 0 Å². The van der Waals surface area contributed by atoms with Crippen molar-refractivity contribution in [2.45, 2.75) is 19.8 Å². The summed E-state index contributed by atoms with van der Waals surface area (Å²) in [5.74, 6) is -0.510. The molecule has 3 N–H and O–H groups in total. The van der Waals surface area contributed by atoms with Crippen molar-refractivity contribution in [3.63, 3.8) is 0 Å². The molecule has 0 saturated heterocycles. The van der Waals surface area contributed by atoms with E-state index in [0.717, 1.165) is 5.56 Å². The van der Waals surface area contributed by atoms with Gasteiger partial charge in [-0.15, -0.1) is 0 Å². The summed E-state index contributed by atoms with van der Waals surface area (Å²) in [5.41, 5.74) is 4.76. The van der Waals surface area contributed by atoms with Crippen molar-refractivity contribution in [1.82, 2.24) is 30.1 Å². The highest BCUT2D eigenvalue weighted by molar-refractivity contribution is 5.98. The van der Waals surface area contributed by atoms with Crippen LogP contribution in [-0.4, -0.2) is 36.0 Å². The van der Waals surface area contributed by atoms with Gasteiger partial charge in [0.15, 0.2) is 11.5 Å². The van der Waals surface area contributed by atoms with Crippen LogP contribution in [-0.2, 0) is 4.79 Å². The first-order chi connectivity index (χ1) is 18.5. The molecule has 0 unspecified atom stereocenters. The molecule has 0 atom stereocenters. The predicted molar refractivity (Wildman–Crippen MR) is 141 cm³/mol. The molecule has 0 saturated carbocycles. The van der Waals surface area contributed by atoms with E-state index in [2.05, 4.69) is 35.5 Å². The maximum Gasteiger partial charge on any atom is 0.224 e. The molecule has 0 bridgehead atoms. The molecule has 4 heterocycles. The number of rotatable bonds is 6. The van der Waals surface area contributed by atoms with Gasteiger partial charge >= 0.3 is 0 Å². The molecule has 0 radical (unpaired) electrons. The Hall–Kier alpha value is -4.99. The molecule has 38 heavy (non-hydrogen) atoms. The fourth-order valence-corrected chi connectivity index (χ4v) is 4.47. The summed E-state index contributed by atoms with van der Waals surface area (Å²) >= 11 is 0. The average Bonchev–Trinajstić information content (AvgIpc) is 3.52. The number of anilines is 1. The summed E-state index contributed by atoms with van der Waals surface area (Å²) in [5, 5.41) is 10.7. The number of carbonyl (C=O) groups excluding carboxylic acids is 1. The third-order valence-electron chi connectivity index (χ3n) is 6.21. The molecule has 4 aromatic heterocycles. The van der Waals surface area contributed by atoms with Gasteiger partial charge in [0, 0.05) is 47.0 Å². The molecule has 0 aliphatic rings. The van der Waals surface area contributed by atoms with Crippen molar-refractivity contribution in [1.29, 1.82) is 0 Å². The monoisotopic (exact) mass is 509 g/mol. The number of aromatic amines is 2. The zero-order valence-electron chi connectivity index (χ0n) is 20.2. The van der Waals surface area contributed by atoms with Gasteiger partial charge in [0.25, 0.3) is 0 Å². The Morgan fingerprint density at radius 1 is 1.03 bits per heavy atom. The number of amides is 1. The Labute approximate surface area is 215 Å². The van der Waals surface area contributed by atoms with Crippen molar-refractivity contribution in [3.05, 3.63) is 78.8 Å². The molecule has 0 aliphatic carbocycles. The quantitative estimate of drug-likeness (QED) is 0.246. The van der Waals surface area contributed by atoms with Crippen LogP contribution in [0.15, 0.2) is 67.1 Å². The first-order valence-corrected chi connectivity index (χ1v) is 12.0. The summed E-state index contributed by atoms with van der Waals surface area (Å²) in [6.45, 7) is 1.92. The zero-order valence-corrected chi connectivity index (χ0v) is 20.2. The number of nitrogens with one attached hydrogen (secondary N) is 3. The summed E-state index contributed by atoms with van der Waals surface area (Å²) in [7, 11) is 0. The van der Waals surface area contributed by atoms with Crippen LogP contribution in [0, 0.1) is 11.6 Å². The molecule has 10 heteroatoms. The summed E-state index contributed by atoms with van der Waals surface area (Å²) < 4.78 is 29.0. The predicted octanol–water partition coefficient (Wildman–Crippen LogP) is 6.25. The Morgan fingerprint density at radius 3 is 2.76 bits per heavy atom. The number of benzene rings is 2. The Balaban J connectivity index is 1.43. The van der Waals surface area contributed by atoms with Gasteiger partial charge in [-0.25, -0.2) is 18.7 Å². The van der Waals surface area contributed by atoms with Crippen LogP contribution >= 0.6 is 0 Å². The minimum Gasteiger partial charge on any atom is -0.335 e. The van der Waals surface area contributed by atoms with E-state index in [4.69, 9.17) is 0 Å². The number of H-pyrrole nitrogens is 2. The van der Waals surface area contributed by atoms with Crippen LogP contribution in [0.2, 0.25) is 0 Å². The second-order valence-electron chi connectivity index (χ2n) is 8.86. The maximum absolute atomic E-state index is 15.1. The molecule has 188 valence electrons. The maximum atomic E-state index is 15.1. The fourth-order valence-electron chi connectivity index (χ4n) is 4.47. The third-order valence-corrected chi connectivity index (χ3v) is 6.21. The van der Waals surface area contributed by atoms with E-state index in [9.17, 15) is 9.18 Å². The molecular formula is C28H21F2N7O. The molecule has 0 spiro atoms. The average molecular weight is 510 g/mol. The topological polar surface area (TPSA) is 112 Å². The molecule has 8 nitrogen and oxygen atoms in total. The van der Waals surface area contributed by atoms with E-state index in [1.54, 1.807) is 30.5 Å². The number of hydrogen-bond donors (Lipinski definition) is 3. The van der Waals surface area contributed by atoms with Gasteiger partial charge in [0.05, 0.1) is 22.9 Å². The first kappa shape index (κ1) is 23.4. The summed E-state index contributed by atoms with van der Waals surface area (Å²) in [6.07, 6.45) is 5.78. The van der Waals surface area contributed by atoms with Gasteiger partial charge < -0.3 is 10.3 Å². The zero-order chi connectivity index (χ0) is 26.2. The normalized spacial score (nSPS) is 11.3. The van der Waals surface area contributed by atoms with Gasteiger partial charge in [-0.3, -0.25) is 14.9 Å². The molecule has 6 aromatic rings. The van der Waals surface area contributed by atoms with Crippen molar-refractivity contribution >= 4 is 33.7 Å². The lowest BCUT2D eigenvalue weighted by Gasteiger charge is -2.08. The lowest BCUT2D eigenvalue weighted by Crippen LogP contribution is -2.10. The smallest absolute Gasteiger partial charge is 0.224 e. The van der Waals surface area contributed by atoms with E-state index < -0.39 is 5.82 Å². The number of pyridine rings is 2. The van der Waals surface area contributed by atoms with Crippen molar-refractivity contribution < 1.29 is 13.6 Å². The van der Waals surface area contributed by atoms with Crippen LogP contribution in [0.3, 0.4) is 0 Å². The Bertz CT molecular complexity index is 1830. The summed E-state index contributed by atoms with van der Waals surface area (Å²) in [4.78, 5) is 28.4. The molecular weight excluding hydrogens is 488 g/mol. The second kappa shape index (κ2) is 9.47. The van der Waals surface area contributed by atoms with Gasteiger partial charge in [0.1, 0.15) is 17.3 Å². The second-order valence-corrected chi connectivity index (χ2v) is 8.86. The fraction of sp³-hybridized carbons (Fsp3) is 0.107. The third kappa shape index (κ3) is 4.26. The highest BCUT2D eigenvalue weighted by Gasteiger charge is 2.18. The van der Waals surface area contributed by atoms with Crippen LogP contribution < -0.4 is 5.32 Å². The lowest BCUT2D eigenvalue weighted by atomic mass is 10.0. The van der Waals surface area contributed by atoms with E-state index in [1.807, 2.05) is 13.0 Å². The van der Waals surface area contributed by atoms with Crippen LogP contribution in [0.4, 0.5) is 14.5 Å². The number of aromatic nitrogens is 6. The Kier molecular flexibility index (Phi) is 5.83. The van der Waals surface area contributed by atoms with E-state index in [0.29, 0.717) is 68.8 Å². The van der Waals surface area contributed by atoms with Crippen LogP contribution in [0.5, 0.6) is 0 Å². The standard InChI is InChI=1S/C28H21F2N7O/c1-2-4-24(38)33-18-10-16(13-31-14-18)20-11-21-23(12-22(20)30)36-37-26(21)28-34-25-19(7-8-32-27(25)35-28)15-5-3-6-17(29)9-15/h3,5-14H,2,4H2,1H3,(H,33,38)(H,36,37)(H,32,34,35). The Morgan fingerprint density at radius 2 is 1.92 bits per heavy atom. The number of fused-ring (bicyclic) bond motifs is 2. The number of halogens is 2. The highest BCUT2D eigenvalue weighted by atomic mass is 19.1. The van der Waals surface area contributed by atoms with E-state index in [-0.39, 0.29) is 11.7 Å². The van der Waals surface area contributed by atoms with Crippen LogP contribution in [0.1, 0.15) is 19.8 Å². The lowest BCUT2D eigenvalue weighted by molar-refractivity contribution is -0.116. The molecule has 2 aromatic carbocycles. The van der Waals surface area contributed by atoms with Crippen molar-refractivity contribution in [2.75, 3.05) is 5.32 Å². The van der Waals surface area contributed by atoms with Gasteiger partial charge in [0.2, 0.25) is 5.91 Å². The van der Waals surface area contributed by atoms with Crippen molar-refractivity contribution in [3.8, 4) is 33.8 Å². The number of nitrogens with zero attached hydrogens (tertiary/aromatic N) is 4. The highest BCUT2D eigenvalue weighted by Crippen LogP contribution is 2.34.